The number of carboxylic acid groups (broad SMARTS) is 1. The van der Waals surface area contributed by atoms with Gasteiger partial charge in [0.05, 0.1) is 0 Å². The number of ether oxygens (including phenoxy) is 1. The van der Waals surface area contributed by atoms with Crippen molar-refractivity contribution in [2.75, 3.05) is 6.61 Å². The summed E-state index contributed by atoms with van der Waals surface area (Å²) < 4.78 is 5.63. The number of hydrogen-bond acceptors (Lipinski definition) is 4. The summed E-state index contributed by atoms with van der Waals surface area (Å²) in [6.45, 7) is 2.16. The first kappa shape index (κ1) is 23.8. The topological polar surface area (TPSA) is 105 Å². The van der Waals surface area contributed by atoms with E-state index in [-0.39, 0.29) is 36.8 Å². The van der Waals surface area contributed by atoms with Crippen molar-refractivity contribution in [3.05, 3.63) is 59.7 Å². The second-order valence-electron chi connectivity index (χ2n) is 9.30. The molecule has 0 heterocycles. The predicted molar refractivity (Wildman–Crippen MR) is 128 cm³/mol. The zero-order chi connectivity index (χ0) is 24.1. The van der Waals surface area contributed by atoms with E-state index in [1.165, 1.54) is 22.3 Å². The van der Waals surface area contributed by atoms with Gasteiger partial charge in [0.25, 0.3) is 0 Å². The highest BCUT2D eigenvalue weighted by atomic mass is 16.5. The Morgan fingerprint density at radius 1 is 1.03 bits per heavy atom. The number of alkyl carbamates (subject to hydrolysis) is 1. The molecular weight excluding hydrogens is 432 g/mol. The minimum absolute atomic E-state index is 0.0171. The summed E-state index contributed by atoms with van der Waals surface area (Å²) in [6, 6.07) is 15.6. The first-order valence-electron chi connectivity index (χ1n) is 12.1. The van der Waals surface area contributed by atoms with Gasteiger partial charge < -0.3 is 20.5 Å². The van der Waals surface area contributed by atoms with E-state index < -0.39 is 18.1 Å². The number of hydrogen-bond donors (Lipinski definition) is 3. The van der Waals surface area contributed by atoms with Crippen LogP contribution in [0.1, 0.15) is 62.5 Å². The minimum Gasteiger partial charge on any atom is -0.480 e. The summed E-state index contributed by atoms with van der Waals surface area (Å²) in [5, 5.41) is 14.8. The first-order chi connectivity index (χ1) is 16.5. The standard InChI is InChI=1S/C27H32N2O5/c1-2-7-24(26(31)32)29-25(30)15-17-12-13-18(14-17)28-27(33)34-16-23-21-10-5-3-8-19(21)20-9-4-6-11-22(20)23/h3-6,8-11,17-18,23-24H,2,7,12-16H2,1H3,(H,28,33)(H,29,30)(H,31,32)/t17-,18+,24+/m0/s1. The van der Waals surface area contributed by atoms with Crippen molar-refractivity contribution in [3.8, 4) is 11.1 Å². The molecule has 2 aromatic rings. The van der Waals surface area contributed by atoms with Gasteiger partial charge in [-0.05, 0) is 53.9 Å². The number of carbonyl (C=O) groups is 3. The molecule has 2 aliphatic carbocycles. The van der Waals surface area contributed by atoms with Crippen molar-refractivity contribution in [2.45, 2.75) is 63.5 Å². The van der Waals surface area contributed by atoms with Crippen LogP contribution in [-0.2, 0) is 14.3 Å². The van der Waals surface area contributed by atoms with E-state index in [1.54, 1.807) is 0 Å². The maximum atomic E-state index is 12.5. The average molecular weight is 465 g/mol. The Morgan fingerprint density at radius 3 is 2.29 bits per heavy atom. The smallest absolute Gasteiger partial charge is 0.407 e. The fourth-order valence-corrected chi connectivity index (χ4v) is 5.26. The van der Waals surface area contributed by atoms with Crippen molar-refractivity contribution in [1.82, 2.24) is 10.6 Å². The van der Waals surface area contributed by atoms with Crippen LogP contribution in [0.3, 0.4) is 0 Å². The molecule has 2 aromatic carbocycles. The third kappa shape index (κ3) is 5.41. The van der Waals surface area contributed by atoms with Crippen LogP contribution in [-0.4, -0.2) is 41.8 Å². The molecular formula is C27H32N2O5. The Bertz CT molecular complexity index is 1010. The summed E-state index contributed by atoms with van der Waals surface area (Å²) in [5.41, 5.74) is 4.72. The molecule has 0 saturated heterocycles. The summed E-state index contributed by atoms with van der Waals surface area (Å²) in [4.78, 5) is 36.1. The van der Waals surface area contributed by atoms with E-state index >= 15 is 0 Å². The Morgan fingerprint density at radius 2 is 1.68 bits per heavy atom. The number of carbonyl (C=O) groups excluding carboxylic acids is 2. The number of rotatable bonds is 9. The van der Waals surface area contributed by atoms with Crippen molar-refractivity contribution >= 4 is 18.0 Å². The molecule has 4 rings (SSSR count). The van der Waals surface area contributed by atoms with Crippen LogP contribution in [0.15, 0.2) is 48.5 Å². The molecule has 2 aliphatic rings. The second kappa shape index (κ2) is 10.7. The summed E-state index contributed by atoms with van der Waals surface area (Å²) in [7, 11) is 0. The molecule has 0 aromatic heterocycles. The lowest BCUT2D eigenvalue weighted by molar-refractivity contribution is -0.142. The predicted octanol–water partition coefficient (Wildman–Crippen LogP) is 4.45. The fourth-order valence-electron chi connectivity index (χ4n) is 5.26. The lowest BCUT2D eigenvalue weighted by Gasteiger charge is -2.17. The normalized spacial score (nSPS) is 19.7. The molecule has 0 bridgehead atoms. The minimum atomic E-state index is -1.00. The Kier molecular flexibility index (Phi) is 7.50. The lowest BCUT2D eigenvalue weighted by atomic mass is 9.98. The van der Waals surface area contributed by atoms with E-state index in [1.807, 2.05) is 31.2 Å². The first-order valence-corrected chi connectivity index (χ1v) is 12.1. The van der Waals surface area contributed by atoms with Crippen LogP contribution >= 0.6 is 0 Å². The summed E-state index contributed by atoms with van der Waals surface area (Å²) in [6.07, 6.45) is 3.21. The molecule has 34 heavy (non-hydrogen) atoms. The van der Waals surface area contributed by atoms with Gasteiger partial charge in [-0.1, -0.05) is 61.9 Å². The Labute approximate surface area is 199 Å². The van der Waals surface area contributed by atoms with Crippen molar-refractivity contribution in [3.63, 3.8) is 0 Å². The summed E-state index contributed by atoms with van der Waals surface area (Å²) in [5.74, 6) is -1.11. The quantitative estimate of drug-likeness (QED) is 0.508. The maximum Gasteiger partial charge on any atom is 0.407 e. The largest absolute Gasteiger partial charge is 0.480 e. The third-order valence-corrected chi connectivity index (χ3v) is 6.89. The summed E-state index contributed by atoms with van der Waals surface area (Å²) >= 11 is 0. The van der Waals surface area contributed by atoms with Crippen LogP contribution < -0.4 is 10.6 Å². The Hall–Kier alpha value is -3.35. The van der Waals surface area contributed by atoms with Crippen molar-refractivity contribution in [2.24, 2.45) is 5.92 Å². The molecule has 1 fully saturated rings. The molecule has 0 radical (unpaired) electrons. The zero-order valence-corrected chi connectivity index (χ0v) is 19.5. The molecule has 3 atom stereocenters. The third-order valence-electron chi connectivity index (χ3n) is 6.89. The zero-order valence-electron chi connectivity index (χ0n) is 19.5. The highest BCUT2D eigenvalue weighted by molar-refractivity contribution is 5.83. The van der Waals surface area contributed by atoms with Crippen LogP contribution in [0.5, 0.6) is 0 Å². The number of fused-ring (bicyclic) bond motifs is 3. The number of amides is 2. The molecule has 0 aliphatic heterocycles. The van der Waals surface area contributed by atoms with Crippen LogP contribution in [0.25, 0.3) is 11.1 Å². The molecule has 7 heteroatoms. The molecule has 1 saturated carbocycles. The molecule has 0 unspecified atom stereocenters. The fraction of sp³-hybridized carbons (Fsp3) is 0.444. The molecule has 0 spiro atoms. The monoisotopic (exact) mass is 464 g/mol. The van der Waals surface area contributed by atoms with Gasteiger partial charge >= 0.3 is 12.1 Å². The number of benzene rings is 2. The van der Waals surface area contributed by atoms with E-state index in [2.05, 4.69) is 34.9 Å². The van der Waals surface area contributed by atoms with Gasteiger partial charge in [0, 0.05) is 18.4 Å². The highest BCUT2D eigenvalue weighted by Gasteiger charge is 2.31. The van der Waals surface area contributed by atoms with Crippen molar-refractivity contribution < 1.29 is 24.2 Å². The average Bonchev–Trinajstić information content (AvgIpc) is 3.39. The second-order valence-corrected chi connectivity index (χ2v) is 9.30. The van der Waals surface area contributed by atoms with Gasteiger partial charge in [-0.25, -0.2) is 9.59 Å². The van der Waals surface area contributed by atoms with Gasteiger partial charge in [0.2, 0.25) is 5.91 Å². The van der Waals surface area contributed by atoms with E-state index in [9.17, 15) is 19.5 Å². The molecule has 3 N–H and O–H groups in total. The van der Waals surface area contributed by atoms with Gasteiger partial charge in [-0.15, -0.1) is 0 Å². The lowest BCUT2D eigenvalue weighted by Crippen LogP contribution is -2.41. The van der Waals surface area contributed by atoms with Gasteiger partial charge in [0.1, 0.15) is 12.6 Å². The van der Waals surface area contributed by atoms with Gasteiger partial charge in [0.15, 0.2) is 0 Å². The Balaban J connectivity index is 1.25. The van der Waals surface area contributed by atoms with Gasteiger partial charge in [-0.2, -0.15) is 0 Å². The van der Waals surface area contributed by atoms with Crippen LogP contribution in [0, 0.1) is 5.92 Å². The number of nitrogens with one attached hydrogen (secondary N) is 2. The number of aliphatic carboxylic acids is 1. The van der Waals surface area contributed by atoms with E-state index in [0.29, 0.717) is 19.3 Å². The van der Waals surface area contributed by atoms with Crippen LogP contribution in [0.2, 0.25) is 0 Å². The van der Waals surface area contributed by atoms with E-state index in [0.717, 1.165) is 12.8 Å². The van der Waals surface area contributed by atoms with E-state index in [4.69, 9.17) is 4.74 Å². The maximum absolute atomic E-state index is 12.5. The SMILES string of the molecule is CCC[C@@H](NC(=O)C[C@H]1CC[C@@H](NC(=O)OCC2c3ccccc3-c3ccccc32)C1)C(=O)O. The number of carboxylic acids is 1. The molecule has 7 nitrogen and oxygen atoms in total. The van der Waals surface area contributed by atoms with Crippen molar-refractivity contribution in [1.29, 1.82) is 0 Å². The van der Waals surface area contributed by atoms with Gasteiger partial charge in [-0.3, -0.25) is 4.79 Å². The molecule has 2 amide bonds. The van der Waals surface area contributed by atoms with Crippen LogP contribution in [0.4, 0.5) is 4.79 Å². The molecule has 180 valence electrons. The highest BCUT2D eigenvalue weighted by Crippen LogP contribution is 2.44.